The quantitative estimate of drug-likeness (QED) is 0.811. The Kier molecular flexibility index (Phi) is 3.84. The van der Waals surface area contributed by atoms with Crippen molar-refractivity contribution in [1.29, 1.82) is 0 Å². The second-order valence-corrected chi connectivity index (χ2v) is 3.12. The van der Waals surface area contributed by atoms with Crippen LogP contribution in [0, 0.1) is 0 Å². The maximum absolute atomic E-state index is 12.5. The summed E-state index contributed by atoms with van der Waals surface area (Å²) in [5.74, 6) is -8.82. The summed E-state index contributed by atoms with van der Waals surface area (Å²) in [7, 11) is 0. The number of alkyl halides is 4. The monoisotopic (exact) mass is 266 g/mol. The fraction of sp³-hybridized carbons (Fsp3) is 0.222. The number of nitrogens with zero attached hydrogens (tertiary/aromatic N) is 1. The Bertz CT molecular complexity index is 461. The Labute approximate surface area is 97.4 Å². The van der Waals surface area contributed by atoms with Crippen molar-refractivity contribution in [1.82, 2.24) is 4.98 Å². The predicted octanol–water partition coefficient (Wildman–Crippen LogP) is 1.62. The third-order valence-corrected chi connectivity index (χ3v) is 1.83. The number of halogens is 4. The van der Waals surface area contributed by atoms with Crippen molar-refractivity contribution in [3.05, 3.63) is 23.9 Å². The van der Waals surface area contributed by atoms with Gasteiger partial charge in [0.15, 0.2) is 0 Å². The van der Waals surface area contributed by atoms with E-state index >= 15 is 0 Å². The molecule has 1 amide bonds. The zero-order valence-electron chi connectivity index (χ0n) is 8.53. The molecule has 0 aliphatic carbocycles. The maximum atomic E-state index is 12.5. The first kappa shape index (κ1) is 13.9. The lowest BCUT2D eigenvalue weighted by Crippen LogP contribution is -2.41. The van der Waals surface area contributed by atoms with E-state index in [1.54, 1.807) is 0 Å². The average Bonchev–Trinajstić information content (AvgIpc) is 2.29. The summed E-state index contributed by atoms with van der Waals surface area (Å²) >= 11 is 0. The van der Waals surface area contributed by atoms with Gasteiger partial charge in [0.05, 0.1) is 5.56 Å². The van der Waals surface area contributed by atoms with Crippen LogP contribution in [0.4, 0.5) is 23.4 Å². The summed E-state index contributed by atoms with van der Waals surface area (Å²) in [6.45, 7) is 0. The van der Waals surface area contributed by atoms with Crippen molar-refractivity contribution in [3.63, 3.8) is 0 Å². The molecule has 0 atom stereocenters. The molecular formula is C9H6F4N2O3. The molecule has 0 spiro atoms. The summed E-state index contributed by atoms with van der Waals surface area (Å²) in [6, 6.07) is 1.88. The molecule has 2 N–H and O–H groups in total. The summed E-state index contributed by atoms with van der Waals surface area (Å²) in [5, 5.41) is 9.97. The Morgan fingerprint density at radius 2 is 1.94 bits per heavy atom. The fourth-order valence-electron chi connectivity index (χ4n) is 0.893. The van der Waals surface area contributed by atoms with Gasteiger partial charge >= 0.3 is 24.2 Å². The van der Waals surface area contributed by atoms with Gasteiger partial charge in [0, 0.05) is 6.20 Å². The molecule has 1 heterocycles. The minimum Gasteiger partial charge on any atom is -0.478 e. The molecule has 0 unspecified atom stereocenters. The molecule has 1 aromatic rings. The summed E-state index contributed by atoms with van der Waals surface area (Å²) in [4.78, 5) is 24.6. The van der Waals surface area contributed by atoms with Crippen LogP contribution in [0.3, 0.4) is 0 Å². The van der Waals surface area contributed by atoms with E-state index in [1.165, 1.54) is 5.32 Å². The summed E-state index contributed by atoms with van der Waals surface area (Å²) in [5.41, 5.74) is -0.242. The topological polar surface area (TPSA) is 79.3 Å². The number of rotatable bonds is 4. The van der Waals surface area contributed by atoms with Gasteiger partial charge in [-0.25, -0.2) is 18.6 Å². The van der Waals surface area contributed by atoms with Crippen LogP contribution in [0.5, 0.6) is 0 Å². The highest BCUT2D eigenvalue weighted by molar-refractivity contribution is 5.96. The molecule has 0 saturated carbocycles. The van der Waals surface area contributed by atoms with Crippen molar-refractivity contribution < 1.29 is 32.3 Å². The normalized spacial score (nSPS) is 11.4. The lowest BCUT2D eigenvalue weighted by Gasteiger charge is -2.14. The van der Waals surface area contributed by atoms with Gasteiger partial charge in [-0.2, -0.15) is 8.78 Å². The first-order chi connectivity index (χ1) is 8.25. The van der Waals surface area contributed by atoms with E-state index in [2.05, 4.69) is 4.98 Å². The second kappa shape index (κ2) is 4.98. The van der Waals surface area contributed by atoms with E-state index in [9.17, 15) is 27.2 Å². The van der Waals surface area contributed by atoms with Crippen molar-refractivity contribution in [2.24, 2.45) is 0 Å². The molecule has 0 saturated heterocycles. The molecule has 1 rings (SSSR count). The number of nitrogens with one attached hydrogen (secondary N) is 1. The first-order valence-electron chi connectivity index (χ1n) is 4.42. The first-order valence-corrected chi connectivity index (χ1v) is 4.42. The third-order valence-electron chi connectivity index (χ3n) is 1.83. The summed E-state index contributed by atoms with van der Waals surface area (Å²) in [6.07, 6.45) is -3.35. The van der Waals surface area contributed by atoms with Crippen LogP contribution in [0.15, 0.2) is 18.3 Å². The number of aromatic nitrogens is 1. The van der Waals surface area contributed by atoms with Gasteiger partial charge in [-0.3, -0.25) is 4.79 Å². The Morgan fingerprint density at radius 3 is 2.33 bits per heavy atom. The number of anilines is 1. The number of carbonyl (C=O) groups excluding carboxylic acids is 1. The van der Waals surface area contributed by atoms with Gasteiger partial charge in [0.25, 0.3) is 0 Å². The smallest absolute Gasteiger partial charge is 0.383 e. The number of carboxylic acid groups (broad SMARTS) is 1. The standard InChI is InChI=1S/C9H6F4N2O3/c10-7(11)9(12,13)8(18)15-5-2-1-4(3-14-5)6(16)17/h1-3,7H,(H,16,17)(H,14,15,18). The Morgan fingerprint density at radius 1 is 1.33 bits per heavy atom. The summed E-state index contributed by atoms with van der Waals surface area (Å²) < 4.78 is 48.8. The Hall–Kier alpha value is -2.19. The predicted molar refractivity (Wildman–Crippen MR) is 50.8 cm³/mol. The molecule has 0 aliphatic heterocycles. The zero-order valence-corrected chi connectivity index (χ0v) is 8.53. The van der Waals surface area contributed by atoms with Gasteiger partial charge in [-0.05, 0) is 12.1 Å². The van der Waals surface area contributed by atoms with Gasteiger partial charge in [-0.15, -0.1) is 0 Å². The van der Waals surface area contributed by atoms with Crippen LogP contribution in [0.1, 0.15) is 10.4 Å². The van der Waals surface area contributed by atoms with Crippen molar-refractivity contribution >= 4 is 17.7 Å². The number of carboxylic acids is 1. The number of amides is 1. The molecule has 98 valence electrons. The van der Waals surface area contributed by atoms with Crippen LogP contribution < -0.4 is 5.32 Å². The van der Waals surface area contributed by atoms with Crippen LogP contribution in [-0.2, 0) is 4.79 Å². The highest BCUT2D eigenvalue weighted by atomic mass is 19.3. The third kappa shape index (κ3) is 2.93. The van der Waals surface area contributed by atoms with E-state index in [-0.39, 0.29) is 5.56 Å². The molecule has 0 aromatic carbocycles. The molecule has 0 aliphatic rings. The van der Waals surface area contributed by atoms with Gasteiger partial charge < -0.3 is 10.4 Å². The fourth-order valence-corrected chi connectivity index (χ4v) is 0.893. The highest BCUT2D eigenvalue weighted by Gasteiger charge is 2.49. The number of carbonyl (C=O) groups is 2. The Balaban J connectivity index is 2.80. The molecule has 5 nitrogen and oxygen atoms in total. The number of hydrogen-bond donors (Lipinski definition) is 2. The van der Waals surface area contributed by atoms with Crippen molar-refractivity contribution in [2.45, 2.75) is 12.3 Å². The molecule has 0 radical (unpaired) electrons. The average molecular weight is 266 g/mol. The van der Waals surface area contributed by atoms with E-state index in [0.717, 1.165) is 18.3 Å². The van der Waals surface area contributed by atoms with Gasteiger partial charge in [0.2, 0.25) is 0 Å². The largest absolute Gasteiger partial charge is 0.478 e. The minimum absolute atomic E-state index is 0.242. The number of hydrogen-bond acceptors (Lipinski definition) is 3. The van der Waals surface area contributed by atoms with Crippen LogP contribution in [0.25, 0.3) is 0 Å². The van der Waals surface area contributed by atoms with Gasteiger partial charge in [0.1, 0.15) is 5.82 Å². The minimum atomic E-state index is -4.84. The van der Waals surface area contributed by atoms with Gasteiger partial charge in [-0.1, -0.05) is 0 Å². The second-order valence-electron chi connectivity index (χ2n) is 3.12. The lowest BCUT2D eigenvalue weighted by molar-refractivity contribution is -0.163. The molecule has 0 fully saturated rings. The van der Waals surface area contributed by atoms with E-state index in [4.69, 9.17) is 5.11 Å². The molecule has 1 aromatic heterocycles. The van der Waals surface area contributed by atoms with E-state index < -0.39 is 30.0 Å². The highest BCUT2D eigenvalue weighted by Crippen LogP contribution is 2.24. The van der Waals surface area contributed by atoms with Crippen LogP contribution in [0.2, 0.25) is 0 Å². The molecule has 18 heavy (non-hydrogen) atoms. The number of aromatic carboxylic acids is 1. The zero-order chi connectivity index (χ0) is 13.9. The number of pyridine rings is 1. The lowest BCUT2D eigenvalue weighted by atomic mass is 10.3. The molecular weight excluding hydrogens is 260 g/mol. The van der Waals surface area contributed by atoms with Crippen LogP contribution in [-0.4, -0.2) is 34.3 Å². The van der Waals surface area contributed by atoms with Crippen molar-refractivity contribution in [2.75, 3.05) is 5.32 Å². The van der Waals surface area contributed by atoms with E-state index in [0.29, 0.717) is 0 Å². The van der Waals surface area contributed by atoms with Crippen LogP contribution >= 0.6 is 0 Å². The molecule has 0 bridgehead atoms. The van der Waals surface area contributed by atoms with Crippen molar-refractivity contribution in [3.8, 4) is 0 Å². The van der Waals surface area contributed by atoms with E-state index in [1.807, 2.05) is 0 Å². The maximum Gasteiger partial charge on any atom is 0.383 e. The molecule has 9 heteroatoms. The SMILES string of the molecule is O=C(O)c1ccc(NC(=O)C(F)(F)C(F)F)nc1.